The van der Waals surface area contributed by atoms with Gasteiger partial charge in [0.25, 0.3) is 0 Å². The van der Waals surface area contributed by atoms with Crippen molar-refractivity contribution in [2.45, 2.75) is 226 Å². The summed E-state index contributed by atoms with van der Waals surface area (Å²) in [5.74, 6) is -0.941. The van der Waals surface area contributed by atoms with Crippen LogP contribution in [0.4, 0.5) is 0 Å². The van der Waals surface area contributed by atoms with Gasteiger partial charge in [0.05, 0.1) is 0 Å². The zero-order valence-corrected chi connectivity index (χ0v) is 33.2. The second-order valence-electron chi connectivity index (χ2n) is 14.3. The molecule has 0 amide bonds. The highest BCUT2D eigenvalue weighted by atomic mass is 16.6. The molecular formula is C44H80O6. The summed E-state index contributed by atoms with van der Waals surface area (Å²) in [4.78, 5) is 37.5. The third-order valence-electron chi connectivity index (χ3n) is 9.18. The highest BCUT2D eigenvalue weighted by Crippen LogP contribution is 2.13. The third-order valence-corrected chi connectivity index (χ3v) is 9.18. The van der Waals surface area contributed by atoms with Gasteiger partial charge in [0.1, 0.15) is 13.2 Å². The van der Waals surface area contributed by atoms with Crippen molar-refractivity contribution in [3.05, 3.63) is 24.3 Å². The molecule has 0 spiro atoms. The van der Waals surface area contributed by atoms with E-state index in [0.717, 1.165) is 64.2 Å². The summed E-state index contributed by atoms with van der Waals surface area (Å²) in [7, 11) is 0. The van der Waals surface area contributed by atoms with Crippen molar-refractivity contribution in [3.8, 4) is 0 Å². The maximum atomic E-state index is 12.6. The first-order valence-electron chi connectivity index (χ1n) is 21.3. The Balaban J connectivity index is 4.37. The third kappa shape index (κ3) is 37.2. The minimum Gasteiger partial charge on any atom is -0.462 e. The van der Waals surface area contributed by atoms with E-state index in [0.29, 0.717) is 19.3 Å². The van der Waals surface area contributed by atoms with Gasteiger partial charge in [-0.3, -0.25) is 14.4 Å². The Morgan fingerprint density at radius 2 is 0.680 bits per heavy atom. The topological polar surface area (TPSA) is 78.9 Å². The van der Waals surface area contributed by atoms with Crippen molar-refractivity contribution >= 4 is 17.9 Å². The Kier molecular flexibility index (Phi) is 38.0. The van der Waals surface area contributed by atoms with E-state index in [4.69, 9.17) is 14.2 Å². The largest absolute Gasteiger partial charge is 0.462 e. The molecule has 0 heterocycles. The van der Waals surface area contributed by atoms with Crippen molar-refractivity contribution in [2.75, 3.05) is 13.2 Å². The fourth-order valence-electron chi connectivity index (χ4n) is 5.91. The van der Waals surface area contributed by atoms with Crippen LogP contribution in [0, 0.1) is 0 Å². The second-order valence-corrected chi connectivity index (χ2v) is 14.3. The first kappa shape index (κ1) is 47.9. The van der Waals surface area contributed by atoms with Gasteiger partial charge in [0, 0.05) is 19.3 Å². The van der Waals surface area contributed by atoms with Crippen molar-refractivity contribution < 1.29 is 28.6 Å². The summed E-state index contributed by atoms with van der Waals surface area (Å²) in [5.41, 5.74) is 0. The summed E-state index contributed by atoms with van der Waals surface area (Å²) >= 11 is 0. The minimum atomic E-state index is -0.783. The normalized spacial score (nSPS) is 12.1. The van der Waals surface area contributed by atoms with Gasteiger partial charge in [0.2, 0.25) is 0 Å². The van der Waals surface area contributed by atoms with Crippen LogP contribution in [0.2, 0.25) is 0 Å². The van der Waals surface area contributed by atoms with Crippen LogP contribution in [0.15, 0.2) is 24.3 Å². The standard InChI is InChI=1S/C44H80O6/c1-4-7-10-13-16-19-20-21-22-23-26-28-31-34-37-43(46)49-40-41(50-44(47)38-35-32-29-25-18-15-12-9-6-3)39-48-42(45)36-33-30-27-24-17-14-11-8-5-2/h22-23,25,29,41H,4-21,24,26-28,30-40H2,1-3H3/b23-22-,29-25-. The molecule has 0 bridgehead atoms. The molecule has 1 unspecified atom stereocenters. The van der Waals surface area contributed by atoms with Crippen molar-refractivity contribution in [1.82, 2.24) is 0 Å². The maximum absolute atomic E-state index is 12.6. The molecule has 0 aliphatic heterocycles. The molecule has 0 saturated carbocycles. The molecule has 0 rings (SSSR count). The summed E-state index contributed by atoms with van der Waals surface area (Å²) < 4.78 is 16.6. The van der Waals surface area contributed by atoms with Crippen LogP contribution in [-0.4, -0.2) is 37.2 Å². The summed E-state index contributed by atoms with van der Waals surface area (Å²) in [6, 6.07) is 0. The van der Waals surface area contributed by atoms with E-state index < -0.39 is 6.10 Å². The number of carbonyl (C=O) groups excluding carboxylic acids is 3. The van der Waals surface area contributed by atoms with E-state index in [2.05, 4.69) is 45.1 Å². The molecular weight excluding hydrogens is 624 g/mol. The Morgan fingerprint density at radius 3 is 1.10 bits per heavy atom. The molecule has 6 nitrogen and oxygen atoms in total. The molecule has 0 aromatic rings. The lowest BCUT2D eigenvalue weighted by Gasteiger charge is -2.18. The Hall–Kier alpha value is -2.11. The van der Waals surface area contributed by atoms with E-state index in [1.807, 2.05) is 0 Å². The summed E-state index contributed by atoms with van der Waals surface area (Å²) in [6.07, 6.45) is 41.7. The molecule has 0 N–H and O–H groups in total. The zero-order valence-electron chi connectivity index (χ0n) is 33.2. The van der Waals surface area contributed by atoms with Crippen LogP contribution < -0.4 is 0 Å². The van der Waals surface area contributed by atoms with Gasteiger partial charge in [-0.05, 0) is 64.2 Å². The second kappa shape index (κ2) is 39.7. The number of esters is 3. The first-order valence-corrected chi connectivity index (χ1v) is 21.3. The average molecular weight is 705 g/mol. The van der Waals surface area contributed by atoms with Crippen LogP contribution in [0.25, 0.3) is 0 Å². The number of rotatable bonds is 38. The number of ether oxygens (including phenoxy) is 3. The zero-order chi connectivity index (χ0) is 36.6. The van der Waals surface area contributed by atoms with Gasteiger partial charge in [-0.1, -0.05) is 161 Å². The van der Waals surface area contributed by atoms with E-state index in [1.54, 1.807) is 0 Å². The molecule has 50 heavy (non-hydrogen) atoms. The SMILES string of the molecule is CCCCCC/C=C\CCCC(=O)OC(COC(=O)CCCCC/C=C\CCCCCCCCC)COC(=O)CCCCCCCCCCC. The van der Waals surface area contributed by atoms with Crippen LogP contribution in [0.1, 0.15) is 220 Å². The molecule has 0 aromatic heterocycles. The van der Waals surface area contributed by atoms with Gasteiger partial charge >= 0.3 is 17.9 Å². The van der Waals surface area contributed by atoms with Crippen LogP contribution in [0.5, 0.6) is 0 Å². The monoisotopic (exact) mass is 705 g/mol. The lowest BCUT2D eigenvalue weighted by molar-refractivity contribution is -0.167. The Morgan fingerprint density at radius 1 is 0.380 bits per heavy atom. The first-order chi connectivity index (χ1) is 24.5. The van der Waals surface area contributed by atoms with Crippen molar-refractivity contribution in [3.63, 3.8) is 0 Å². The lowest BCUT2D eigenvalue weighted by atomic mass is 10.1. The van der Waals surface area contributed by atoms with E-state index in [-0.39, 0.29) is 37.5 Å². The van der Waals surface area contributed by atoms with Crippen LogP contribution in [0.3, 0.4) is 0 Å². The smallest absolute Gasteiger partial charge is 0.306 e. The predicted molar refractivity (Wildman–Crippen MR) is 210 cm³/mol. The van der Waals surface area contributed by atoms with Crippen LogP contribution >= 0.6 is 0 Å². The number of allylic oxidation sites excluding steroid dienone is 4. The summed E-state index contributed by atoms with van der Waals surface area (Å²) in [6.45, 7) is 6.53. The molecule has 1 atom stereocenters. The fraction of sp³-hybridized carbons (Fsp3) is 0.841. The highest BCUT2D eigenvalue weighted by Gasteiger charge is 2.19. The maximum Gasteiger partial charge on any atom is 0.306 e. The van der Waals surface area contributed by atoms with Gasteiger partial charge in [-0.2, -0.15) is 0 Å². The van der Waals surface area contributed by atoms with Gasteiger partial charge in [-0.25, -0.2) is 0 Å². The van der Waals surface area contributed by atoms with E-state index >= 15 is 0 Å². The molecule has 0 saturated heterocycles. The van der Waals surface area contributed by atoms with Gasteiger partial charge in [0.15, 0.2) is 6.10 Å². The number of unbranched alkanes of at least 4 members (excludes halogenated alkanes) is 23. The summed E-state index contributed by atoms with van der Waals surface area (Å²) in [5, 5.41) is 0. The molecule has 0 aromatic carbocycles. The lowest BCUT2D eigenvalue weighted by Crippen LogP contribution is -2.30. The highest BCUT2D eigenvalue weighted by molar-refractivity contribution is 5.71. The average Bonchev–Trinajstić information content (AvgIpc) is 3.11. The molecule has 0 aliphatic carbocycles. The van der Waals surface area contributed by atoms with E-state index in [9.17, 15) is 14.4 Å². The molecule has 6 heteroatoms. The van der Waals surface area contributed by atoms with Gasteiger partial charge in [-0.15, -0.1) is 0 Å². The predicted octanol–water partition coefficient (Wildman–Crippen LogP) is 13.2. The quantitative estimate of drug-likeness (QED) is 0.0275. The molecule has 0 aliphatic rings. The number of hydrogen-bond donors (Lipinski definition) is 0. The minimum absolute atomic E-state index is 0.0852. The molecule has 0 radical (unpaired) electrons. The van der Waals surface area contributed by atoms with Gasteiger partial charge < -0.3 is 14.2 Å². The molecule has 0 fully saturated rings. The Labute approximate surface area is 309 Å². The van der Waals surface area contributed by atoms with Crippen molar-refractivity contribution in [2.24, 2.45) is 0 Å². The van der Waals surface area contributed by atoms with Crippen LogP contribution in [-0.2, 0) is 28.6 Å². The number of carbonyl (C=O) groups is 3. The fourth-order valence-corrected chi connectivity index (χ4v) is 5.91. The van der Waals surface area contributed by atoms with E-state index in [1.165, 1.54) is 109 Å². The molecule has 292 valence electrons. The number of hydrogen-bond acceptors (Lipinski definition) is 6. The Bertz CT molecular complexity index is 819. The van der Waals surface area contributed by atoms with Crippen molar-refractivity contribution in [1.29, 1.82) is 0 Å².